The maximum absolute atomic E-state index is 9.14. The van der Waals surface area contributed by atoms with E-state index in [1.807, 2.05) is 0 Å². The zero-order valence-electron chi connectivity index (χ0n) is 10.9. The van der Waals surface area contributed by atoms with Crippen LogP contribution in [0, 0.1) is 0 Å². The Bertz CT molecular complexity index is 211. The second kappa shape index (κ2) is 15.2. The molecule has 0 N–H and O–H groups in total. The fraction of sp³-hybridized carbons (Fsp3) is 0.500. The summed E-state index contributed by atoms with van der Waals surface area (Å²) >= 11 is 0.0389. The molecule has 0 amide bonds. The second-order valence-corrected chi connectivity index (χ2v) is 11.1. The third-order valence-corrected chi connectivity index (χ3v) is 4.81. The molecule has 0 bridgehead atoms. The second-order valence-electron chi connectivity index (χ2n) is 3.52. The van der Waals surface area contributed by atoms with Crippen LogP contribution in [0.5, 0.6) is 0 Å². The first-order valence-corrected chi connectivity index (χ1v) is 8.39. The number of carbonyl (C=O) groups excluding carboxylic acids is 2. The van der Waals surface area contributed by atoms with Crippen LogP contribution < -0.4 is 10.2 Å². The van der Waals surface area contributed by atoms with Crippen molar-refractivity contribution in [3.05, 3.63) is 25.3 Å². The molecule has 0 saturated carbocycles. The van der Waals surface area contributed by atoms with Crippen molar-refractivity contribution >= 4 is 33.1 Å². The summed E-state index contributed by atoms with van der Waals surface area (Å²) in [4.78, 5) is 18.3. The minimum atomic E-state index is -1.23. The molecule has 0 aromatic rings. The van der Waals surface area contributed by atoms with Gasteiger partial charge in [0.2, 0.25) is 0 Å². The first kappa shape index (κ1) is 21.5. The maximum atomic E-state index is 9.14. The van der Waals surface area contributed by atoms with Crippen molar-refractivity contribution in [3.63, 3.8) is 0 Å². The molecule has 0 radical (unpaired) electrons. The molecule has 96 valence electrons. The van der Waals surface area contributed by atoms with E-state index in [0.29, 0.717) is 0 Å². The molecule has 0 aliphatic carbocycles. The first-order chi connectivity index (χ1) is 7.67. The average Bonchev–Trinajstić information content (AvgIpc) is 2.17. The number of carboxylic acids is 2. The number of rotatable bonds is 4. The summed E-state index contributed by atoms with van der Waals surface area (Å²) in [5, 5.41) is 18.3. The monoisotopic (exact) mass is 348 g/mol. The SMILES string of the molecule is C=CC(=O)[O-].C=CC(=O)[O-].C[CH](C)[Sn+2][CH](C)C. The van der Waals surface area contributed by atoms with Crippen LogP contribution in [0.15, 0.2) is 25.3 Å². The van der Waals surface area contributed by atoms with Gasteiger partial charge in [-0.2, -0.15) is 0 Å². The average molecular weight is 347 g/mol. The van der Waals surface area contributed by atoms with Crippen LogP contribution in [0.2, 0.25) is 7.87 Å². The van der Waals surface area contributed by atoms with Gasteiger partial charge in [0.15, 0.2) is 0 Å². The van der Waals surface area contributed by atoms with E-state index in [-0.39, 0.29) is 21.1 Å². The fourth-order valence-electron chi connectivity index (χ4n) is 0.667. The van der Waals surface area contributed by atoms with Crippen LogP contribution in [0.4, 0.5) is 0 Å². The van der Waals surface area contributed by atoms with E-state index in [0.717, 1.165) is 20.0 Å². The molecule has 0 aromatic carbocycles. The molecule has 0 spiro atoms. The molecule has 0 aliphatic rings. The Morgan fingerprint density at radius 3 is 1.12 bits per heavy atom. The molecular formula is C12H20O4Sn. The van der Waals surface area contributed by atoms with Gasteiger partial charge in [-0.3, -0.25) is 0 Å². The summed E-state index contributed by atoms with van der Waals surface area (Å²) in [6, 6.07) is 0. The summed E-state index contributed by atoms with van der Waals surface area (Å²) in [6.45, 7) is 15.2. The number of carboxylic acid groups (broad SMARTS) is 2. The van der Waals surface area contributed by atoms with E-state index in [1.165, 1.54) is 0 Å². The normalized spacial score (nSPS) is 7.88. The van der Waals surface area contributed by atoms with Gasteiger partial charge in [-0.05, 0) is 12.2 Å². The Morgan fingerprint density at radius 2 is 1.12 bits per heavy atom. The molecule has 5 heteroatoms. The van der Waals surface area contributed by atoms with E-state index < -0.39 is 11.9 Å². The molecule has 0 heterocycles. The fourth-order valence-corrected chi connectivity index (χ4v) is 4.47. The zero-order valence-corrected chi connectivity index (χ0v) is 13.7. The van der Waals surface area contributed by atoms with Crippen molar-refractivity contribution in [2.75, 3.05) is 0 Å². The van der Waals surface area contributed by atoms with Crippen molar-refractivity contribution in [1.82, 2.24) is 0 Å². The van der Waals surface area contributed by atoms with Gasteiger partial charge in [0.05, 0.1) is 11.9 Å². The Hall–Kier alpha value is -0.781. The molecule has 0 rings (SSSR count). The van der Waals surface area contributed by atoms with Gasteiger partial charge in [0, 0.05) is 0 Å². The summed E-state index contributed by atoms with van der Waals surface area (Å²) in [5.74, 6) is -2.46. The molecule has 0 atom stereocenters. The third kappa shape index (κ3) is 51.0. The van der Waals surface area contributed by atoms with Crippen molar-refractivity contribution in [2.24, 2.45) is 0 Å². The zero-order chi connectivity index (χ0) is 14.4. The van der Waals surface area contributed by atoms with Gasteiger partial charge in [-0.1, -0.05) is 13.2 Å². The van der Waals surface area contributed by atoms with Crippen LogP contribution >= 0.6 is 0 Å². The summed E-state index contributed by atoms with van der Waals surface area (Å²) in [5.41, 5.74) is 0. The minimum absolute atomic E-state index is 0.0389. The van der Waals surface area contributed by atoms with Gasteiger partial charge in [-0.25, -0.2) is 0 Å². The Kier molecular flexibility index (Phi) is 19.2. The Morgan fingerprint density at radius 1 is 0.941 bits per heavy atom. The first-order valence-electron chi connectivity index (χ1n) is 5.10. The molecular weight excluding hydrogens is 327 g/mol. The molecule has 0 aliphatic heterocycles. The number of carbonyl (C=O) groups is 2. The Balaban J connectivity index is -0.000000177. The van der Waals surface area contributed by atoms with E-state index in [9.17, 15) is 0 Å². The third-order valence-electron chi connectivity index (χ3n) is 1.00. The van der Waals surface area contributed by atoms with Crippen LogP contribution in [0.3, 0.4) is 0 Å². The molecule has 0 fully saturated rings. The predicted octanol–water partition coefficient (Wildman–Crippen LogP) is 0.192. The van der Waals surface area contributed by atoms with Gasteiger partial charge in [0.1, 0.15) is 0 Å². The van der Waals surface area contributed by atoms with E-state index in [2.05, 4.69) is 40.9 Å². The van der Waals surface area contributed by atoms with Gasteiger partial charge >= 0.3 is 56.7 Å². The molecule has 0 unspecified atom stereocenters. The van der Waals surface area contributed by atoms with Crippen LogP contribution in [-0.4, -0.2) is 33.1 Å². The summed E-state index contributed by atoms with van der Waals surface area (Å²) in [6.07, 6.45) is 1.44. The van der Waals surface area contributed by atoms with Gasteiger partial charge in [-0.15, -0.1) is 0 Å². The predicted molar refractivity (Wildman–Crippen MR) is 66.4 cm³/mol. The van der Waals surface area contributed by atoms with Crippen molar-refractivity contribution in [1.29, 1.82) is 0 Å². The summed E-state index contributed by atoms with van der Waals surface area (Å²) < 4.78 is 2.09. The van der Waals surface area contributed by atoms with Crippen LogP contribution in [-0.2, 0) is 9.59 Å². The van der Waals surface area contributed by atoms with Crippen LogP contribution in [0.25, 0.3) is 0 Å². The molecule has 0 saturated heterocycles. The molecule has 4 nitrogen and oxygen atoms in total. The topological polar surface area (TPSA) is 80.3 Å². The van der Waals surface area contributed by atoms with E-state index in [4.69, 9.17) is 19.8 Å². The number of aliphatic carboxylic acids is 2. The summed E-state index contributed by atoms with van der Waals surface area (Å²) in [7, 11) is 0. The molecule has 17 heavy (non-hydrogen) atoms. The van der Waals surface area contributed by atoms with E-state index in [1.54, 1.807) is 0 Å². The standard InChI is InChI=1S/2C3H4O2.2C3H7.Sn/c2*1-2-3(4)5;2*1-3-2;/h2*2H,1H2,(H,4,5);2*3H,1-2H3;/q;;;;+2/p-2. The van der Waals surface area contributed by atoms with Gasteiger partial charge < -0.3 is 19.8 Å². The van der Waals surface area contributed by atoms with Crippen molar-refractivity contribution in [3.8, 4) is 0 Å². The van der Waals surface area contributed by atoms with Crippen molar-refractivity contribution < 1.29 is 19.8 Å². The van der Waals surface area contributed by atoms with Crippen molar-refractivity contribution in [2.45, 2.75) is 35.6 Å². The number of hydrogen-bond donors (Lipinski definition) is 0. The Labute approximate surface area is 114 Å². The van der Waals surface area contributed by atoms with Crippen LogP contribution in [0.1, 0.15) is 27.7 Å². The quantitative estimate of drug-likeness (QED) is 0.537. The number of hydrogen-bond acceptors (Lipinski definition) is 4. The van der Waals surface area contributed by atoms with E-state index >= 15 is 0 Å². The molecule has 0 aromatic heterocycles. The van der Waals surface area contributed by atoms with Gasteiger partial charge in [0.25, 0.3) is 0 Å².